The Labute approximate surface area is 244 Å². The second kappa shape index (κ2) is 10.4. The molecule has 6 atom stereocenters. The monoisotopic (exact) mass is 573 g/mol. The Morgan fingerprint density at radius 3 is 2.34 bits per heavy atom. The first kappa shape index (κ1) is 27.6. The predicted molar refractivity (Wildman–Crippen MR) is 159 cm³/mol. The number of rotatable bonds is 6. The van der Waals surface area contributed by atoms with Crippen LogP contribution in [0.1, 0.15) is 12.5 Å². The van der Waals surface area contributed by atoms with Crippen LogP contribution in [0.15, 0.2) is 78.9 Å². The third-order valence-corrected chi connectivity index (χ3v) is 10.8. The van der Waals surface area contributed by atoms with E-state index in [2.05, 4.69) is 0 Å². The molecular weight excluding hydrogens is 538 g/mol. The van der Waals surface area contributed by atoms with Crippen LogP contribution in [0.2, 0.25) is 0 Å². The highest BCUT2D eigenvalue weighted by molar-refractivity contribution is 8.02. The van der Waals surface area contributed by atoms with Crippen molar-refractivity contribution in [1.29, 1.82) is 0 Å². The van der Waals surface area contributed by atoms with Crippen LogP contribution >= 0.6 is 11.8 Å². The number of fused-ring (bicyclic) bond motifs is 2. The van der Waals surface area contributed by atoms with Gasteiger partial charge in [-0.1, -0.05) is 54.6 Å². The minimum Gasteiger partial charge on any atom is -0.497 e. The molecule has 0 radical (unpaired) electrons. The zero-order chi connectivity index (χ0) is 28.9. The molecule has 214 valence electrons. The van der Waals surface area contributed by atoms with Gasteiger partial charge in [0.25, 0.3) is 5.91 Å². The highest BCUT2D eigenvalue weighted by Crippen LogP contribution is 2.65. The zero-order valence-electron chi connectivity index (χ0n) is 23.5. The maximum Gasteiger partial charge on any atom is 0.251 e. The molecule has 9 heteroatoms. The van der Waals surface area contributed by atoms with Crippen LogP contribution in [0.5, 0.6) is 5.75 Å². The number of anilines is 1. The van der Waals surface area contributed by atoms with E-state index in [4.69, 9.17) is 4.74 Å². The molecule has 4 heterocycles. The van der Waals surface area contributed by atoms with E-state index in [1.165, 1.54) is 0 Å². The molecule has 1 spiro atoms. The quantitative estimate of drug-likeness (QED) is 0.535. The number of benzene rings is 2. The van der Waals surface area contributed by atoms with E-state index in [1.807, 2.05) is 85.8 Å². The number of carbonyl (C=O) groups excluding carboxylic acids is 3. The van der Waals surface area contributed by atoms with Crippen LogP contribution in [0.25, 0.3) is 0 Å². The summed E-state index contributed by atoms with van der Waals surface area (Å²) in [6.07, 6.45) is 8.38. The SMILES string of the molecule is COc1ccc(N2CC=C[C@]34S[C@]5(C)C=CCN(C)C(=O)[C@@H]5[C@H]3C(=O)N([C@@H](CO)Cc3ccccc3)C4C2=O)cc1. The Bertz CT molecular complexity index is 1410. The van der Waals surface area contributed by atoms with Gasteiger partial charge in [-0.05, 0) is 43.2 Å². The van der Waals surface area contributed by atoms with Crippen LogP contribution < -0.4 is 9.64 Å². The first-order valence-corrected chi connectivity index (χ1v) is 14.8. The van der Waals surface area contributed by atoms with Crippen molar-refractivity contribution in [2.45, 2.75) is 34.9 Å². The Morgan fingerprint density at radius 2 is 1.66 bits per heavy atom. The van der Waals surface area contributed by atoms with E-state index >= 15 is 0 Å². The Balaban J connectivity index is 1.49. The lowest BCUT2D eigenvalue weighted by molar-refractivity contribution is -0.144. The average Bonchev–Trinajstić information content (AvgIpc) is 3.26. The fraction of sp³-hybridized carbons (Fsp3) is 0.406. The molecule has 0 aromatic heterocycles. The maximum absolute atomic E-state index is 14.7. The molecule has 6 rings (SSSR count). The minimum atomic E-state index is -0.975. The Hall–Kier alpha value is -3.56. The lowest BCUT2D eigenvalue weighted by Gasteiger charge is -2.39. The van der Waals surface area contributed by atoms with Crippen molar-refractivity contribution < 1.29 is 24.2 Å². The van der Waals surface area contributed by atoms with E-state index in [1.54, 1.807) is 40.6 Å². The molecule has 4 aliphatic heterocycles. The van der Waals surface area contributed by atoms with Gasteiger partial charge in [0.2, 0.25) is 11.8 Å². The summed E-state index contributed by atoms with van der Waals surface area (Å²) in [6.45, 7) is 2.50. The van der Waals surface area contributed by atoms with Gasteiger partial charge in [0.15, 0.2) is 0 Å². The van der Waals surface area contributed by atoms with Gasteiger partial charge in [-0.15, -0.1) is 11.8 Å². The summed E-state index contributed by atoms with van der Waals surface area (Å²) in [5, 5.41) is 10.7. The van der Waals surface area contributed by atoms with Crippen LogP contribution in [0.3, 0.4) is 0 Å². The number of hydrogen-bond acceptors (Lipinski definition) is 6. The first-order valence-electron chi connectivity index (χ1n) is 14.0. The van der Waals surface area contributed by atoms with E-state index in [9.17, 15) is 19.5 Å². The van der Waals surface area contributed by atoms with Gasteiger partial charge in [-0.25, -0.2) is 0 Å². The lowest BCUT2D eigenvalue weighted by Crippen LogP contribution is -2.57. The van der Waals surface area contributed by atoms with Gasteiger partial charge in [0.05, 0.1) is 36.3 Å². The highest BCUT2D eigenvalue weighted by atomic mass is 32.2. The van der Waals surface area contributed by atoms with Crippen LogP contribution in [0, 0.1) is 11.8 Å². The van der Waals surface area contributed by atoms with E-state index in [0.29, 0.717) is 30.9 Å². The third-order valence-electron chi connectivity index (χ3n) is 9.00. The molecule has 2 aromatic carbocycles. The van der Waals surface area contributed by atoms with Crippen molar-refractivity contribution in [3.63, 3.8) is 0 Å². The molecular formula is C32H35N3O5S. The number of methoxy groups -OCH3 is 1. The zero-order valence-corrected chi connectivity index (χ0v) is 24.3. The average molecular weight is 574 g/mol. The number of likely N-dealkylation sites (N-methyl/N-ethyl adjacent to an activating group) is 1. The maximum atomic E-state index is 14.7. The summed E-state index contributed by atoms with van der Waals surface area (Å²) in [7, 11) is 3.35. The molecule has 8 nitrogen and oxygen atoms in total. The van der Waals surface area contributed by atoms with Crippen molar-refractivity contribution >= 4 is 35.2 Å². The molecule has 1 N–H and O–H groups in total. The van der Waals surface area contributed by atoms with Crippen molar-refractivity contribution in [3.8, 4) is 5.75 Å². The molecule has 1 unspecified atom stereocenters. The number of likely N-dealkylation sites (tertiary alicyclic amines) is 1. The van der Waals surface area contributed by atoms with Gasteiger partial charge in [0, 0.05) is 30.6 Å². The lowest BCUT2D eigenvalue weighted by atomic mass is 9.74. The standard InChI is InChI=1S/C32H35N3O5S/c1-31-15-7-17-33(2)28(37)25(31)26-29(38)35(23(20-36)19-21-9-5-4-6-10-21)27-30(39)34(18-8-16-32(26,27)41-31)22-11-13-24(40-3)14-12-22/h4-16,23,25-27,36H,17-20H2,1-3H3/t23-,25+,26+,27?,31-,32+/m1/s1. The van der Waals surface area contributed by atoms with Crippen LogP contribution in [0.4, 0.5) is 5.69 Å². The van der Waals surface area contributed by atoms with E-state index < -0.39 is 33.4 Å². The summed E-state index contributed by atoms with van der Waals surface area (Å²) in [4.78, 5) is 48.2. The molecule has 2 saturated heterocycles. The molecule has 4 aliphatic rings. The van der Waals surface area contributed by atoms with Crippen LogP contribution in [-0.4, -0.2) is 88.1 Å². The second-order valence-electron chi connectivity index (χ2n) is 11.4. The molecule has 0 aliphatic carbocycles. The number of thioether (sulfide) groups is 1. The molecule has 41 heavy (non-hydrogen) atoms. The van der Waals surface area contributed by atoms with E-state index in [0.717, 1.165) is 5.56 Å². The smallest absolute Gasteiger partial charge is 0.251 e. The second-order valence-corrected chi connectivity index (χ2v) is 13.2. The van der Waals surface area contributed by atoms with Gasteiger partial charge in [-0.2, -0.15) is 0 Å². The number of nitrogens with zero attached hydrogens (tertiary/aromatic N) is 3. The van der Waals surface area contributed by atoms with Crippen molar-refractivity contribution in [2.75, 3.05) is 38.8 Å². The van der Waals surface area contributed by atoms with Gasteiger partial charge < -0.3 is 24.5 Å². The Kier molecular flexibility index (Phi) is 6.98. The third kappa shape index (κ3) is 4.28. The molecule has 2 fully saturated rings. The largest absolute Gasteiger partial charge is 0.497 e. The topological polar surface area (TPSA) is 90.4 Å². The van der Waals surface area contributed by atoms with Gasteiger partial charge in [-0.3, -0.25) is 14.4 Å². The molecule has 0 bridgehead atoms. The number of aliphatic hydroxyl groups is 1. The van der Waals surface area contributed by atoms with Crippen molar-refractivity contribution in [3.05, 3.63) is 84.5 Å². The number of ether oxygens (including phenoxy) is 1. The number of hydrogen-bond donors (Lipinski definition) is 1. The summed E-state index contributed by atoms with van der Waals surface area (Å²) >= 11 is 1.55. The molecule has 2 aromatic rings. The number of aliphatic hydroxyl groups excluding tert-OH is 1. The van der Waals surface area contributed by atoms with Crippen molar-refractivity contribution in [1.82, 2.24) is 9.80 Å². The molecule has 0 saturated carbocycles. The Morgan fingerprint density at radius 1 is 0.951 bits per heavy atom. The fourth-order valence-electron chi connectivity index (χ4n) is 7.11. The van der Waals surface area contributed by atoms with Crippen molar-refractivity contribution in [2.24, 2.45) is 11.8 Å². The number of carbonyl (C=O) groups is 3. The first-order chi connectivity index (χ1) is 19.7. The summed E-state index contributed by atoms with van der Waals surface area (Å²) in [5.41, 5.74) is 1.65. The molecule has 3 amide bonds. The van der Waals surface area contributed by atoms with Gasteiger partial charge >= 0.3 is 0 Å². The summed E-state index contributed by atoms with van der Waals surface area (Å²) in [5.74, 6) is -1.28. The number of amides is 3. The summed E-state index contributed by atoms with van der Waals surface area (Å²) in [6, 6.07) is 15.4. The van der Waals surface area contributed by atoms with Gasteiger partial charge in [0.1, 0.15) is 11.8 Å². The predicted octanol–water partition coefficient (Wildman–Crippen LogP) is 2.92. The highest BCUT2D eigenvalue weighted by Gasteiger charge is 2.74. The van der Waals surface area contributed by atoms with E-state index in [-0.39, 0.29) is 24.3 Å². The minimum absolute atomic E-state index is 0.0958. The summed E-state index contributed by atoms with van der Waals surface area (Å²) < 4.78 is 3.68. The van der Waals surface area contributed by atoms with Crippen LogP contribution in [-0.2, 0) is 20.8 Å². The normalized spacial score (nSPS) is 31.5. The fourth-order valence-corrected chi connectivity index (χ4v) is 9.25.